The Morgan fingerprint density at radius 3 is 1.93 bits per heavy atom. The van der Waals surface area contributed by atoms with Crippen molar-refractivity contribution in [3.05, 3.63) is 6.92 Å². The molecule has 0 saturated heterocycles. The molecule has 0 rings (SSSR count). The molecule has 15 heavy (non-hydrogen) atoms. The van der Waals surface area contributed by atoms with Crippen molar-refractivity contribution in [2.75, 3.05) is 6.61 Å². The Labute approximate surface area is 97.7 Å². The maximum atomic E-state index is 6.29. The first kappa shape index (κ1) is 15.2. The molecule has 91 valence electrons. The van der Waals surface area contributed by atoms with Gasteiger partial charge in [-0.3, -0.25) is 0 Å². The normalized spacial score (nSPS) is 12.0. The lowest BCUT2D eigenvalue weighted by Crippen LogP contribution is -2.38. The van der Waals surface area contributed by atoms with Crippen LogP contribution in [0.3, 0.4) is 0 Å². The second-order valence-electron chi connectivity index (χ2n) is 4.49. The molecule has 0 aliphatic heterocycles. The minimum absolute atomic E-state index is 0.989. The Hall–Kier alpha value is 0.177. The van der Waals surface area contributed by atoms with Crippen LogP contribution in [0.1, 0.15) is 52.9 Å². The van der Waals surface area contributed by atoms with Crippen LogP contribution in [0.4, 0.5) is 0 Å². The zero-order valence-corrected chi connectivity index (χ0v) is 12.0. The lowest BCUT2D eigenvalue weighted by Gasteiger charge is -2.31. The molecule has 0 amide bonds. The zero-order valence-electron chi connectivity index (χ0n) is 11.0. The van der Waals surface area contributed by atoms with E-state index in [4.69, 9.17) is 4.43 Å². The summed E-state index contributed by atoms with van der Waals surface area (Å²) in [5.41, 5.74) is 0. The molecule has 2 heteroatoms. The molecule has 0 bridgehead atoms. The standard InChI is InChI=1S/C13H29OSi/c1-5-9-10-14-15(11-6-2,12-7-3)13-8-4/h2,5-13H2,1,3-4H3. The minimum atomic E-state index is -1.40. The van der Waals surface area contributed by atoms with E-state index in [1.165, 1.54) is 43.8 Å². The highest BCUT2D eigenvalue weighted by Crippen LogP contribution is 2.27. The van der Waals surface area contributed by atoms with Crippen LogP contribution in [0.15, 0.2) is 0 Å². The Kier molecular flexibility index (Phi) is 9.52. The fourth-order valence-electron chi connectivity index (χ4n) is 2.26. The van der Waals surface area contributed by atoms with Crippen molar-refractivity contribution in [2.45, 2.75) is 71.0 Å². The van der Waals surface area contributed by atoms with Gasteiger partial charge in [0.05, 0.1) is 0 Å². The van der Waals surface area contributed by atoms with E-state index in [0.29, 0.717) is 0 Å². The van der Waals surface area contributed by atoms with Crippen molar-refractivity contribution in [2.24, 2.45) is 0 Å². The number of hydrogen-bond acceptors (Lipinski definition) is 1. The van der Waals surface area contributed by atoms with Crippen LogP contribution >= 0.6 is 0 Å². The van der Waals surface area contributed by atoms with E-state index in [9.17, 15) is 0 Å². The van der Waals surface area contributed by atoms with Crippen LogP contribution in [-0.4, -0.2) is 14.9 Å². The van der Waals surface area contributed by atoms with Crippen LogP contribution in [-0.2, 0) is 4.43 Å². The highest BCUT2D eigenvalue weighted by molar-refractivity contribution is 6.73. The molecule has 0 aliphatic rings. The van der Waals surface area contributed by atoms with Crippen LogP contribution in [0.25, 0.3) is 0 Å². The van der Waals surface area contributed by atoms with E-state index in [1.54, 1.807) is 0 Å². The van der Waals surface area contributed by atoms with Gasteiger partial charge in [-0.25, -0.2) is 0 Å². The van der Waals surface area contributed by atoms with Crippen molar-refractivity contribution in [3.8, 4) is 0 Å². The fourth-order valence-corrected chi connectivity index (χ4v) is 6.49. The van der Waals surface area contributed by atoms with Gasteiger partial charge in [0.2, 0.25) is 0 Å². The Bertz CT molecular complexity index is 119. The van der Waals surface area contributed by atoms with Gasteiger partial charge in [0.25, 0.3) is 0 Å². The molecule has 0 unspecified atom stereocenters. The molecule has 0 atom stereocenters. The second kappa shape index (κ2) is 9.41. The van der Waals surface area contributed by atoms with Gasteiger partial charge in [0.1, 0.15) is 0 Å². The van der Waals surface area contributed by atoms with Crippen LogP contribution in [0, 0.1) is 6.92 Å². The first-order valence-corrected chi connectivity index (χ1v) is 9.20. The second-order valence-corrected chi connectivity index (χ2v) is 8.64. The molecular formula is C13H29OSi. The monoisotopic (exact) mass is 229 g/mol. The molecule has 0 heterocycles. The summed E-state index contributed by atoms with van der Waals surface area (Å²) in [7, 11) is -1.40. The molecule has 0 N–H and O–H groups in total. The Morgan fingerprint density at radius 2 is 1.53 bits per heavy atom. The predicted octanol–water partition coefficient (Wildman–Crippen LogP) is 4.79. The topological polar surface area (TPSA) is 9.23 Å². The minimum Gasteiger partial charge on any atom is -0.417 e. The van der Waals surface area contributed by atoms with Gasteiger partial charge in [0, 0.05) is 6.61 Å². The summed E-state index contributed by atoms with van der Waals surface area (Å²) in [6.45, 7) is 11.8. The molecule has 1 nitrogen and oxygen atoms in total. The van der Waals surface area contributed by atoms with E-state index in [1.807, 2.05) is 0 Å². The zero-order chi connectivity index (χ0) is 11.6. The van der Waals surface area contributed by atoms with Gasteiger partial charge in [-0.05, 0) is 24.6 Å². The van der Waals surface area contributed by atoms with Crippen molar-refractivity contribution < 1.29 is 4.43 Å². The van der Waals surface area contributed by atoms with Crippen molar-refractivity contribution in [3.63, 3.8) is 0 Å². The maximum absolute atomic E-state index is 6.29. The van der Waals surface area contributed by atoms with Gasteiger partial charge in [-0.2, -0.15) is 0 Å². The van der Waals surface area contributed by atoms with Gasteiger partial charge >= 0.3 is 0 Å². The highest BCUT2D eigenvalue weighted by Gasteiger charge is 2.31. The third-order valence-corrected chi connectivity index (χ3v) is 7.85. The smallest absolute Gasteiger partial charge is 0.192 e. The van der Waals surface area contributed by atoms with E-state index in [-0.39, 0.29) is 0 Å². The summed E-state index contributed by atoms with van der Waals surface area (Å²) in [5, 5.41) is 0. The summed E-state index contributed by atoms with van der Waals surface area (Å²) < 4.78 is 6.29. The lowest BCUT2D eigenvalue weighted by atomic mass is 10.4. The van der Waals surface area contributed by atoms with Crippen LogP contribution in [0.2, 0.25) is 18.1 Å². The average molecular weight is 229 g/mol. The summed E-state index contributed by atoms with van der Waals surface area (Å²) in [4.78, 5) is 0. The van der Waals surface area contributed by atoms with Gasteiger partial charge in [0.15, 0.2) is 8.32 Å². The molecular weight excluding hydrogens is 200 g/mol. The van der Waals surface area contributed by atoms with E-state index in [2.05, 4.69) is 27.7 Å². The fraction of sp³-hybridized carbons (Fsp3) is 0.923. The summed E-state index contributed by atoms with van der Waals surface area (Å²) in [5.74, 6) is 0. The van der Waals surface area contributed by atoms with Crippen molar-refractivity contribution >= 4 is 8.32 Å². The van der Waals surface area contributed by atoms with E-state index < -0.39 is 8.32 Å². The van der Waals surface area contributed by atoms with Gasteiger partial charge < -0.3 is 4.43 Å². The van der Waals surface area contributed by atoms with Gasteiger partial charge in [-0.1, -0.05) is 53.4 Å². The number of rotatable bonds is 10. The average Bonchev–Trinajstić information content (AvgIpc) is 2.19. The molecule has 0 aromatic carbocycles. The maximum Gasteiger partial charge on any atom is 0.192 e. The molecule has 1 radical (unpaired) electrons. The third-order valence-electron chi connectivity index (χ3n) is 2.95. The van der Waals surface area contributed by atoms with Crippen LogP contribution in [0.5, 0.6) is 0 Å². The van der Waals surface area contributed by atoms with Gasteiger partial charge in [-0.15, -0.1) is 0 Å². The molecule has 0 saturated carbocycles. The summed E-state index contributed by atoms with van der Waals surface area (Å²) >= 11 is 0. The molecule has 0 aromatic heterocycles. The van der Waals surface area contributed by atoms with Crippen molar-refractivity contribution in [1.82, 2.24) is 0 Å². The number of hydrogen-bond donors (Lipinski definition) is 0. The molecule has 0 fully saturated rings. The number of unbranched alkanes of at least 4 members (excludes halogenated alkanes) is 1. The summed E-state index contributed by atoms with van der Waals surface area (Å²) in [6.07, 6.45) is 6.07. The van der Waals surface area contributed by atoms with E-state index in [0.717, 1.165) is 13.0 Å². The predicted molar refractivity (Wildman–Crippen MR) is 71.6 cm³/mol. The highest BCUT2D eigenvalue weighted by atomic mass is 28.4. The first-order chi connectivity index (χ1) is 7.24. The first-order valence-electron chi connectivity index (χ1n) is 6.67. The third kappa shape index (κ3) is 6.36. The Balaban J connectivity index is 4.18. The quantitative estimate of drug-likeness (QED) is 0.386. The lowest BCUT2D eigenvalue weighted by molar-refractivity contribution is 0.288. The molecule has 0 aliphatic carbocycles. The SMILES string of the molecule is [CH2]CC[Si](CCC)(CCC)OCCCC. The van der Waals surface area contributed by atoms with Crippen LogP contribution < -0.4 is 0 Å². The van der Waals surface area contributed by atoms with E-state index >= 15 is 0 Å². The Morgan fingerprint density at radius 1 is 0.933 bits per heavy atom. The largest absolute Gasteiger partial charge is 0.417 e. The summed E-state index contributed by atoms with van der Waals surface area (Å²) in [6, 6.07) is 3.93. The van der Waals surface area contributed by atoms with Crippen molar-refractivity contribution in [1.29, 1.82) is 0 Å². The molecule has 0 aromatic rings. The molecule has 0 spiro atoms.